The van der Waals surface area contributed by atoms with Crippen LogP contribution in [0, 0.1) is 5.82 Å². The van der Waals surface area contributed by atoms with Crippen LogP contribution in [-0.4, -0.2) is 17.1 Å². The minimum atomic E-state index is -1.36. The molecule has 2 rings (SSSR count). The molecule has 2 atom stereocenters. The molecule has 0 aliphatic rings. The molecular weight excluding hydrogens is 277 g/mol. The van der Waals surface area contributed by atoms with Gasteiger partial charge in [0, 0.05) is 22.3 Å². The molecule has 0 radical (unpaired) electrons. The van der Waals surface area contributed by atoms with Crippen LogP contribution in [-0.2, 0) is 10.8 Å². The lowest BCUT2D eigenvalue weighted by Gasteiger charge is -2.15. The zero-order valence-electron chi connectivity index (χ0n) is 11.1. The molecule has 106 valence electrons. The predicted octanol–water partition coefficient (Wildman–Crippen LogP) is 2.64. The third-order valence-electron chi connectivity index (χ3n) is 2.93. The fraction of sp³-hybridized carbons (Fsp3) is 0.200. The highest BCUT2D eigenvalue weighted by Gasteiger charge is 2.16. The molecule has 3 nitrogen and oxygen atoms in total. The van der Waals surface area contributed by atoms with Crippen molar-refractivity contribution in [1.82, 2.24) is 0 Å². The van der Waals surface area contributed by atoms with E-state index < -0.39 is 22.7 Å². The first-order chi connectivity index (χ1) is 9.61. The van der Waals surface area contributed by atoms with Gasteiger partial charge in [0.25, 0.3) is 0 Å². The summed E-state index contributed by atoms with van der Waals surface area (Å²) in [6, 6.07) is 12.7. The molecule has 0 saturated heterocycles. The van der Waals surface area contributed by atoms with Crippen molar-refractivity contribution < 1.29 is 13.3 Å². The largest absolute Gasteiger partial charge is 0.496 e. The summed E-state index contributed by atoms with van der Waals surface area (Å²) in [5.41, 5.74) is 6.87. The second kappa shape index (κ2) is 6.63. The molecule has 0 amide bonds. The van der Waals surface area contributed by atoms with Crippen LogP contribution in [0.2, 0.25) is 0 Å². The zero-order valence-corrected chi connectivity index (χ0v) is 11.9. The SMILES string of the molecule is COc1ccccc1C(N)CS(=O)c1cccc(F)c1. The summed E-state index contributed by atoms with van der Waals surface area (Å²) in [5.74, 6) is 0.474. The molecule has 0 spiro atoms. The Kier molecular flexibility index (Phi) is 4.87. The van der Waals surface area contributed by atoms with Crippen molar-refractivity contribution >= 4 is 10.8 Å². The number of methoxy groups -OCH3 is 1. The van der Waals surface area contributed by atoms with Crippen LogP contribution in [0.3, 0.4) is 0 Å². The third kappa shape index (κ3) is 3.43. The van der Waals surface area contributed by atoms with E-state index in [-0.39, 0.29) is 5.75 Å². The Bertz CT molecular complexity index is 618. The number of nitrogens with two attached hydrogens (primary N) is 1. The van der Waals surface area contributed by atoms with E-state index in [9.17, 15) is 8.60 Å². The van der Waals surface area contributed by atoms with Crippen LogP contribution in [0.4, 0.5) is 4.39 Å². The van der Waals surface area contributed by atoms with Gasteiger partial charge in [-0.05, 0) is 24.3 Å². The Labute approximate surface area is 120 Å². The first-order valence-electron chi connectivity index (χ1n) is 6.14. The Hall–Kier alpha value is -1.72. The standard InChI is InChI=1S/C15H16FNO2S/c1-19-15-8-3-2-7-13(15)14(17)10-20(18)12-6-4-5-11(16)9-12/h2-9,14H,10,17H2,1H3. The summed E-state index contributed by atoms with van der Waals surface area (Å²) in [6.45, 7) is 0. The van der Waals surface area contributed by atoms with Gasteiger partial charge in [0.1, 0.15) is 11.6 Å². The topological polar surface area (TPSA) is 52.3 Å². The molecule has 20 heavy (non-hydrogen) atoms. The predicted molar refractivity (Wildman–Crippen MR) is 77.6 cm³/mol. The van der Waals surface area contributed by atoms with E-state index in [1.54, 1.807) is 19.2 Å². The number of benzene rings is 2. The van der Waals surface area contributed by atoms with Gasteiger partial charge >= 0.3 is 0 Å². The molecule has 0 aliphatic heterocycles. The average Bonchev–Trinajstić information content (AvgIpc) is 2.47. The van der Waals surface area contributed by atoms with Gasteiger partial charge in [0.2, 0.25) is 0 Å². The van der Waals surface area contributed by atoms with Crippen molar-refractivity contribution in [3.8, 4) is 5.75 Å². The Morgan fingerprint density at radius 3 is 2.70 bits per heavy atom. The Morgan fingerprint density at radius 1 is 1.25 bits per heavy atom. The van der Waals surface area contributed by atoms with Gasteiger partial charge in [0.05, 0.1) is 17.9 Å². The lowest BCUT2D eigenvalue weighted by molar-refractivity contribution is 0.407. The van der Waals surface area contributed by atoms with E-state index in [1.165, 1.54) is 18.2 Å². The molecule has 2 unspecified atom stereocenters. The summed E-state index contributed by atoms with van der Waals surface area (Å²) in [5, 5.41) is 0. The number of ether oxygens (including phenoxy) is 1. The van der Waals surface area contributed by atoms with Gasteiger partial charge in [-0.3, -0.25) is 4.21 Å². The molecule has 0 saturated carbocycles. The third-order valence-corrected chi connectivity index (χ3v) is 4.37. The molecule has 5 heteroatoms. The highest BCUT2D eigenvalue weighted by atomic mass is 32.2. The number of para-hydroxylation sites is 1. The van der Waals surface area contributed by atoms with Crippen LogP contribution in [0.1, 0.15) is 11.6 Å². The normalized spacial score (nSPS) is 13.8. The van der Waals surface area contributed by atoms with Crippen molar-refractivity contribution in [2.75, 3.05) is 12.9 Å². The quantitative estimate of drug-likeness (QED) is 0.922. The monoisotopic (exact) mass is 293 g/mol. The minimum absolute atomic E-state index is 0.212. The van der Waals surface area contributed by atoms with E-state index in [1.807, 2.05) is 18.2 Å². The van der Waals surface area contributed by atoms with Crippen molar-refractivity contribution in [3.05, 3.63) is 59.9 Å². The molecule has 2 aromatic rings. The van der Waals surface area contributed by atoms with Crippen LogP contribution in [0.5, 0.6) is 5.75 Å². The smallest absolute Gasteiger partial charge is 0.124 e. The first-order valence-corrected chi connectivity index (χ1v) is 7.46. The van der Waals surface area contributed by atoms with Crippen LogP contribution < -0.4 is 10.5 Å². The van der Waals surface area contributed by atoms with Gasteiger partial charge in [0.15, 0.2) is 0 Å². The summed E-state index contributed by atoms with van der Waals surface area (Å²) < 4.78 is 30.6. The Balaban J connectivity index is 2.15. The van der Waals surface area contributed by atoms with Crippen LogP contribution >= 0.6 is 0 Å². The van der Waals surface area contributed by atoms with Gasteiger partial charge < -0.3 is 10.5 Å². The van der Waals surface area contributed by atoms with E-state index in [4.69, 9.17) is 10.5 Å². The van der Waals surface area contributed by atoms with E-state index in [0.717, 1.165) is 5.56 Å². The molecule has 0 fully saturated rings. The minimum Gasteiger partial charge on any atom is -0.496 e. The highest BCUT2D eigenvalue weighted by molar-refractivity contribution is 7.85. The van der Waals surface area contributed by atoms with Gasteiger partial charge in [-0.15, -0.1) is 0 Å². The number of hydrogen-bond acceptors (Lipinski definition) is 3. The van der Waals surface area contributed by atoms with Crippen molar-refractivity contribution in [2.24, 2.45) is 5.73 Å². The fourth-order valence-corrected chi connectivity index (χ4v) is 3.10. The molecule has 2 aromatic carbocycles. The average molecular weight is 293 g/mol. The lowest BCUT2D eigenvalue weighted by atomic mass is 10.1. The highest BCUT2D eigenvalue weighted by Crippen LogP contribution is 2.24. The van der Waals surface area contributed by atoms with E-state index in [0.29, 0.717) is 10.6 Å². The maximum atomic E-state index is 13.1. The van der Waals surface area contributed by atoms with Crippen molar-refractivity contribution in [3.63, 3.8) is 0 Å². The molecule has 0 bridgehead atoms. The van der Waals surface area contributed by atoms with E-state index in [2.05, 4.69) is 0 Å². The molecular formula is C15H16FNO2S. The lowest BCUT2D eigenvalue weighted by Crippen LogP contribution is -2.19. The van der Waals surface area contributed by atoms with Gasteiger partial charge in [-0.1, -0.05) is 24.3 Å². The Morgan fingerprint density at radius 2 is 2.00 bits per heavy atom. The van der Waals surface area contributed by atoms with Crippen LogP contribution in [0.25, 0.3) is 0 Å². The molecule has 0 heterocycles. The van der Waals surface area contributed by atoms with Crippen LogP contribution in [0.15, 0.2) is 53.4 Å². The molecule has 0 aliphatic carbocycles. The fourth-order valence-electron chi connectivity index (χ4n) is 1.93. The molecule has 2 N–H and O–H groups in total. The summed E-state index contributed by atoms with van der Waals surface area (Å²) >= 11 is 0. The number of halogens is 1. The maximum absolute atomic E-state index is 13.1. The van der Waals surface area contributed by atoms with Gasteiger partial charge in [-0.25, -0.2) is 4.39 Å². The van der Waals surface area contributed by atoms with Gasteiger partial charge in [-0.2, -0.15) is 0 Å². The number of hydrogen-bond donors (Lipinski definition) is 1. The summed E-state index contributed by atoms with van der Waals surface area (Å²) in [4.78, 5) is 0.440. The van der Waals surface area contributed by atoms with Crippen molar-refractivity contribution in [2.45, 2.75) is 10.9 Å². The first kappa shape index (κ1) is 14.7. The zero-order chi connectivity index (χ0) is 14.5. The second-order valence-corrected chi connectivity index (χ2v) is 5.81. The number of rotatable bonds is 5. The summed E-state index contributed by atoms with van der Waals surface area (Å²) in [6.07, 6.45) is 0. The molecule has 0 aromatic heterocycles. The maximum Gasteiger partial charge on any atom is 0.124 e. The van der Waals surface area contributed by atoms with Crippen molar-refractivity contribution in [1.29, 1.82) is 0 Å². The second-order valence-electron chi connectivity index (χ2n) is 4.32. The van der Waals surface area contributed by atoms with E-state index >= 15 is 0 Å². The summed E-state index contributed by atoms with van der Waals surface area (Å²) in [7, 11) is 0.209.